The highest BCUT2D eigenvalue weighted by molar-refractivity contribution is 6.59. The van der Waals surface area contributed by atoms with Gasteiger partial charge >= 0.3 is 7.12 Å². The molecule has 0 aliphatic carbocycles. The maximum absolute atomic E-state index is 13.2. The normalized spacial score (nSPS) is 10.7. The third-order valence-corrected chi connectivity index (χ3v) is 3.04. The van der Waals surface area contributed by atoms with Crippen LogP contribution < -0.4 is 11.0 Å². The standard InChI is InChI=1S/C13H14BFN2O3/c1-8-5-13(18)17(9(2)16-8)7-10-3-4-11(15)6-12(10)14(19)20/h3-6,19-20H,7H2,1-2H3. The van der Waals surface area contributed by atoms with Crippen molar-refractivity contribution in [3.05, 3.63) is 57.5 Å². The van der Waals surface area contributed by atoms with Crippen molar-refractivity contribution < 1.29 is 14.4 Å². The minimum absolute atomic E-state index is 0.0388. The van der Waals surface area contributed by atoms with Crippen molar-refractivity contribution in [2.24, 2.45) is 0 Å². The molecule has 2 rings (SSSR count). The van der Waals surface area contributed by atoms with Crippen molar-refractivity contribution in [3.8, 4) is 0 Å². The highest BCUT2D eigenvalue weighted by atomic mass is 19.1. The number of hydrogen-bond donors (Lipinski definition) is 2. The van der Waals surface area contributed by atoms with Crippen LogP contribution >= 0.6 is 0 Å². The lowest BCUT2D eigenvalue weighted by Crippen LogP contribution is -2.35. The van der Waals surface area contributed by atoms with Crippen molar-refractivity contribution in [2.75, 3.05) is 0 Å². The highest BCUT2D eigenvalue weighted by Crippen LogP contribution is 2.05. The number of aromatic nitrogens is 2. The molecule has 0 amide bonds. The molecule has 0 saturated carbocycles. The summed E-state index contributed by atoms with van der Waals surface area (Å²) in [5.74, 6) is -0.0549. The topological polar surface area (TPSA) is 75.4 Å². The molecule has 1 aromatic carbocycles. The number of rotatable bonds is 3. The van der Waals surface area contributed by atoms with E-state index in [2.05, 4.69) is 4.98 Å². The summed E-state index contributed by atoms with van der Waals surface area (Å²) in [5, 5.41) is 18.6. The SMILES string of the molecule is Cc1cc(=O)n(Cc2ccc(F)cc2B(O)O)c(C)n1. The van der Waals surface area contributed by atoms with E-state index in [0.29, 0.717) is 17.1 Å². The molecule has 2 aromatic rings. The van der Waals surface area contributed by atoms with Gasteiger partial charge in [-0.05, 0) is 37.0 Å². The van der Waals surface area contributed by atoms with Gasteiger partial charge in [0, 0.05) is 11.8 Å². The molecule has 0 spiro atoms. The Bertz CT molecular complexity index is 701. The molecular weight excluding hydrogens is 262 g/mol. The first-order chi connectivity index (χ1) is 9.38. The van der Waals surface area contributed by atoms with Gasteiger partial charge in [0.25, 0.3) is 5.56 Å². The summed E-state index contributed by atoms with van der Waals surface area (Å²) in [4.78, 5) is 16.1. The van der Waals surface area contributed by atoms with Gasteiger partial charge in [0.1, 0.15) is 11.6 Å². The molecule has 0 fully saturated rings. The molecular formula is C13H14BFN2O3. The van der Waals surface area contributed by atoms with Gasteiger partial charge in [0.15, 0.2) is 0 Å². The molecule has 0 atom stereocenters. The predicted octanol–water partition coefficient (Wildman–Crippen LogP) is -0.273. The van der Waals surface area contributed by atoms with E-state index in [1.54, 1.807) is 13.8 Å². The quantitative estimate of drug-likeness (QED) is 0.756. The maximum atomic E-state index is 13.2. The van der Waals surface area contributed by atoms with Crippen LogP contribution in [0.5, 0.6) is 0 Å². The lowest BCUT2D eigenvalue weighted by Gasteiger charge is -2.13. The smallest absolute Gasteiger partial charge is 0.423 e. The first-order valence-electron chi connectivity index (χ1n) is 6.08. The Morgan fingerprint density at radius 3 is 2.60 bits per heavy atom. The van der Waals surface area contributed by atoms with E-state index in [0.717, 1.165) is 6.07 Å². The Labute approximate surface area is 115 Å². The number of benzene rings is 1. The third kappa shape index (κ3) is 2.94. The van der Waals surface area contributed by atoms with Crippen molar-refractivity contribution in [2.45, 2.75) is 20.4 Å². The number of aryl methyl sites for hydroxylation is 2. The second-order valence-electron chi connectivity index (χ2n) is 4.59. The summed E-state index contributed by atoms with van der Waals surface area (Å²) in [6, 6.07) is 5.08. The molecule has 0 aliphatic rings. The number of hydrogen-bond acceptors (Lipinski definition) is 4. The Morgan fingerprint density at radius 2 is 2.00 bits per heavy atom. The first-order valence-corrected chi connectivity index (χ1v) is 6.08. The number of nitrogens with zero attached hydrogens (tertiary/aromatic N) is 2. The van der Waals surface area contributed by atoms with E-state index in [4.69, 9.17) is 0 Å². The Morgan fingerprint density at radius 1 is 1.30 bits per heavy atom. The van der Waals surface area contributed by atoms with E-state index in [1.807, 2.05) is 0 Å². The van der Waals surface area contributed by atoms with Crippen LogP contribution in [0.3, 0.4) is 0 Å². The summed E-state index contributed by atoms with van der Waals surface area (Å²) in [6.07, 6.45) is 0. The predicted molar refractivity (Wildman–Crippen MR) is 73.3 cm³/mol. The lowest BCUT2D eigenvalue weighted by atomic mass is 9.77. The van der Waals surface area contributed by atoms with Crippen LogP contribution in [0.1, 0.15) is 17.1 Å². The van der Waals surface area contributed by atoms with Gasteiger partial charge in [0.2, 0.25) is 0 Å². The molecule has 2 N–H and O–H groups in total. The van der Waals surface area contributed by atoms with Crippen LogP contribution in [0.4, 0.5) is 4.39 Å². The van der Waals surface area contributed by atoms with Gasteiger partial charge in [-0.2, -0.15) is 0 Å². The van der Waals surface area contributed by atoms with E-state index in [-0.39, 0.29) is 17.6 Å². The molecule has 0 unspecified atom stereocenters. The van der Waals surface area contributed by atoms with Gasteiger partial charge in [-0.25, -0.2) is 9.37 Å². The maximum Gasteiger partial charge on any atom is 0.488 e. The molecule has 0 bridgehead atoms. The van der Waals surface area contributed by atoms with Crippen molar-refractivity contribution in [3.63, 3.8) is 0 Å². The fourth-order valence-electron chi connectivity index (χ4n) is 2.08. The molecule has 20 heavy (non-hydrogen) atoms. The highest BCUT2D eigenvalue weighted by Gasteiger charge is 2.18. The van der Waals surface area contributed by atoms with E-state index >= 15 is 0 Å². The Hall–Kier alpha value is -1.99. The Balaban J connectivity index is 2.48. The summed E-state index contributed by atoms with van der Waals surface area (Å²) in [6.45, 7) is 3.51. The molecule has 0 aliphatic heterocycles. The number of halogens is 1. The van der Waals surface area contributed by atoms with Gasteiger partial charge in [-0.1, -0.05) is 6.07 Å². The second-order valence-corrected chi connectivity index (χ2v) is 4.59. The van der Waals surface area contributed by atoms with Crippen molar-refractivity contribution in [1.29, 1.82) is 0 Å². The van der Waals surface area contributed by atoms with Crippen LogP contribution in [-0.2, 0) is 6.54 Å². The van der Waals surface area contributed by atoms with Crippen molar-refractivity contribution in [1.82, 2.24) is 9.55 Å². The molecule has 7 heteroatoms. The largest absolute Gasteiger partial charge is 0.488 e. The average Bonchev–Trinajstić information content (AvgIpc) is 2.34. The van der Waals surface area contributed by atoms with E-state index < -0.39 is 12.9 Å². The molecule has 0 radical (unpaired) electrons. The minimum atomic E-state index is -1.80. The fourth-order valence-corrected chi connectivity index (χ4v) is 2.08. The van der Waals surface area contributed by atoms with E-state index in [1.165, 1.54) is 22.8 Å². The van der Waals surface area contributed by atoms with Gasteiger partial charge in [-0.15, -0.1) is 0 Å². The monoisotopic (exact) mass is 276 g/mol. The zero-order valence-corrected chi connectivity index (χ0v) is 11.2. The van der Waals surface area contributed by atoms with Crippen LogP contribution in [0.25, 0.3) is 0 Å². The zero-order chi connectivity index (χ0) is 14.9. The zero-order valence-electron chi connectivity index (χ0n) is 11.2. The third-order valence-electron chi connectivity index (χ3n) is 3.04. The summed E-state index contributed by atoms with van der Waals surface area (Å²) in [5.41, 5.74) is 0.872. The van der Waals surface area contributed by atoms with Crippen LogP contribution in [0.15, 0.2) is 29.1 Å². The average molecular weight is 276 g/mol. The lowest BCUT2D eigenvalue weighted by molar-refractivity contribution is 0.424. The molecule has 5 nitrogen and oxygen atoms in total. The molecule has 1 aromatic heterocycles. The molecule has 1 heterocycles. The molecule has 0 saturated heterocycles. The Kier molecular flexibility index (Phi) is 4.01. The van der Waals surface area contributed by atoms with Crippen molar-refractivity contribution >= 4 is 12.6 Å². The summed E-state index contributed by atoms with van der Waals surface area (Å²) in [7, 11) is -1.80. The summed E-state index contributed by atoms with van der Waals surface area (Å²) < 4.78 is 14.5. The summed E-state index contributed by atoms with van der Waals surface area (Å²) >= 11 is 0. The second kappa shape index (κ2) is 5.56. The first kappa shape index (κ1) is 14.4. The van der Waals surface area contributed by atoms with Crippen LogP contribution in [0, 0.1) is 19.7 Å². The fraction of sp³-hybridized carbons (Fsp3) is 0.231. The van der Waals surface area contributed by atoms with Gasteiger partial charge < -0.3 is 10.0 Å². The van der Waals surface area contributed by atoms with E-state index in [9.17, 15) is 19.2 Å². The van der Waals surface area contributed by atoms with Gasteiger partial charge in [-0.3, -0.25) is 9.36 Å². The minimum Gasteiger partial charge on any atom is -0.423 e. The van der Waals surface area contributed by atoms with Gasteiger partial charge in [0.05, 0.1) is 6.54 Å². The van der Waals surface area contributed by atoms with Crippen LogP contribution in [0.2, 0.25) is 0 Å². The van der Waals surface area contributed by atoms with Crippen LogP contribution in [-0.4, -0.2) is 26.7 Å². The molecule has 104 valence electrons.